The highest BCUT2D eigenvalue weighted by Crippen LogP contribution is 2.35. The van der Waals surface area contributed by atoms with Crippen LogP contribution in [0.1, 0.15) is 29.9 Å². The van der Waals surface area contributed by atoms with E-state index in [2.05, 4.69) is 30.5 Å². The largest absolute Gasteiger partial charge is 0.337 e. The van der Waals surface area contributed by atoms with Crippen LogP contribution in [-0.4, -0.2) is 41.8 Å². The molecule has 188 valence electrons. The molecule has 0 atom stereocenters. The smallest absolute Gasteiger partial charge is 0.224 e. The quantitative estimate of drug-likeness (QED) is 0.229. The molecule has 0 radical (unpaired) electrons. The molecule has 38 heavy (non-hydrogen) atoms. The summed E-state index contributed by atoms with van der Waals surface area (Å²) >= 11 is 1.36. The summed E-state index contributed by atoms with van der Waals surface area (Å²) in [6.45, 7) is 3.29. The maximum Gasteiger partial charge on any atom is 0.224 e. The van der Waals surface area contributed by atoms with Gasteiger partial charge in [0.15, 0.2) is 17.4 Å². The molecular weight excluding hydrogens is 505 g/mol. The van der Waals surface area contributed by atoms with Gasteiger partial charge in [-0.3, -0.25) is 24.7 Å². The van der Waals surface area contributed by atoms with Crippen molar-refractivity contribution in [2.75, 3.05) is 5.32 Å². The van der Waals surface area contributed by atoms with Gasteiger partial charge in [-0.1, -0.05) is 6.92 Å². The number of hydrogen-bond donors (Lipinski definition) is 3. The van der Waals surface area contributed by atoms with Gasteiger partial charge in [-0.25, -0.2) is 9.37 Å². The third-order valence-electron chi connectivity index (χ3n) is 6.11. The minimum atomic E-state index is -0.503. The lowest BCUT2D eigenvalue weighted by Gasteiger charge is -2.07. The summed E-state index contributed by atoms with van der Waals surface area (Å²) in [5, 5.41) is 10.4. The van der Waals surface area contributed by atoms with Crippen molar-refractivity contribution in [1.29, 1.82) is 0 Å². The predicted octanol–water partition coefficient (Wildman–Crippen LogP) is 5.98. The van der Waals surface area contributed by atoms with Crippen LogP contribution in [-0.2, 0) is 4.79 Å². The number of amides is 1. The third kappa shape index (κ3) is 4.12. The number of aromatic nitrogens is 6. The summed E-state index contributed by atoms with van der Waals surface area (Å²) in [7, 11) is 0. The van der Waals surface area contributed by atoms with Crippen LogP contribution < -0.4 is 5.32 Å². The zero-order chi connectivity index (χ0) is 26.4. The van der Waals surface area contributed by atoms with E-state index < -0.39 is 5.82 Å². The first-order valence-corrected chi connectivity index (χ1v) is 12.6. The van der Waals surface area contributed by atoms with Gasteiger partial charge in [0, 0.05) is 29.8 Å². The van der Waals surface area contributed by atoms with E-state index in [1.165, 1.54) is 24.3 Å². The molecule has 6 rings (SSSR count). The van der Waals surface area contributed by atoms with Gasteiger partial charge in [0.2, 0.25) is 5.91 Å². The molecule has 5 aromatic heterocycles. The SMILES string of the molecule is CCC(=O)Nc1cncc(-c2cc(F)c3n[nH]c(-c4nc5c(-c6ccc(C(C)=O)s6)nccc5[nH]4)c3c2)c1. The number of H-pyrrole nitrogens is 2. The van der Waals surface area contributed by atoms with Crippen LogP contribution in [0.3, 0.4) is 0 Å². The molecule has 0 bridgehead atoms. The number of nitrogens with zero attached hydrogens (tertiary/aromatic N) is 4. The number of thiophene rings is 1. The first-order chi connectivity index (χ1) is 18.4. The van der Waals surface area contributed by atoms with E-state index in [-0.39, 0.29) is 17.2 Å². The lowest BCUT2D eigenvalue weighted by atomic mass is 10.0. The zero-order valence-electron chi connectivity index (χ0n) is 20.3. The first-order valence-electron chi connectivity index (χ1n) is 11.8. The molecule has 0 aliphatic rings. The second-order valence-corrected chi connectivity index (χ2v) is 9.76. The average Bonchev–Trinajstić information content (AvgIpc) is 3.66. The molecule has 1 aromatic carbocycles. The number of carbonyl (C=O) groups is 2. The highest BCUT2D eigenvalue weighted by atomic mass is 32.1. The minimum Gasteiger partial charge on any atom is -0.337 e. The van der Waals surface area contributed by atoms with Gasteiger partial charge in [0.05, 0.1) is 27.2 Å². The zero-order valence-corrected chi connectivity index (χ0v) is 21.1. The van der Waals surface area contributed by atoms with Crippen molar-refractivity contribution in [3.63, 3.8) is 0 Å². The number of hydrogen-bond acceptors (Lipinski definition) is 7. The molecule has 11 heteroatoms. The van der Waals surface area contributed by atoms with Gasteiger partial charge >= 0.3 is 0 Å². The fourth-order valence-electron chi connectivity index (χ4n) is 4.23. The van der Waals surface area contributed by atoms with Crippen molar-refractivity contribution >= 4 is 50.7 Å². The van der Waals surface area contributed by atoms with Crippen molar-refractivity contribution < 1.29 is 14.0 Å². The number of Topliss-reactive ketones (excluding diaryl/α,β-unsaturated/α-hetero) is 1. The third-order valence-corrected chi connectivity index (χ3v) is 7.31. The van der Waals surface area contributed by atoms with Gasteiger partial charge in [0.25, 0.3) is 0 Å². The Morgan fingerprint density at radius 2 is 1.95 bits per heavy atom. The number of rotatable bonds is 6. The molecule has 5 heterocycles. The summed E-state index contributed by atoms with van der Waals surface area (Å²) < 4.78 is 15.1. The van der Waals surface area contributed by atoms with Crippen LogP contribution in [0.15, 0.2) is 55.0 Å². The molecule has 0 saturated carbocycles. The van der Waals surface area contributed by atoms with Crippen LogP contribution in [0.25, 0.3) is 55.2 Å². The number of fused-ring (bicyclic) bond motifs is 2. The summed E-state index contributed by atoms with van der Waals surface area (Å²) in [4.78, 5) is 41.8. The molecule has 0 spiro atoms. The molecule has 0 aliphatic heterocycles. The Hall–Kier alpha value is -4.77. The molecule has 0 aliphatic carbocycles. The van der Waals surface area contributed by atoms with Crippen molar-refractivity contribution in [3.05, 3.63) is 65.7 Å². The molecule has 3 N–H and O–H groups in total. The van der Waals surface area contributed by atoms with Crippen LogP contribution in [0.4, 0.5) is 10.1 Å². The van der Waals surface area contributed by atoms with E-state index in [9.17, 15) is 9.59 Å². The monoisotopic (exact) mass is 525 g/mol. The highest BCUT2D eigenvalue weighted by Gasteiger charge is 2.19. The standard InChI is InChI=1S/C27H20FN7O2S/c1-3-22(37)31-16-8-15(11-29-12-16)14-9-17-23(18(28)10-14)34-35-24(17)27-32-19-6-7-30-26(25(19)33-27)21-5-4-20(38-21)13(2)36/h4-12H,3H2,1-2H3,(H,31,37)(H,32,33)(H,34,35). The van der Waals surface area contributed by atoms with E-state index in [4.69, 9.17) is 4.98 Å². The number of halogens is 1. The van der Waals surface area contributed by atoms with Crippen molar-refractivity contribution in [2.24, 2.45) is 0 Å². The fourth-order valence-corrected chi connectivity index (χ4v) is 5.13. The van der Waals surface area contributed by atoms with Crippen molar-refractivity contribution in [1.82, 2.24) is 30.1 Å². The van der Waals surface area contributed by atoms with Gasteiger partial charge < -0.3 is 10.3 Å². The Labute approximate surface area is 219 Å². The second-order valence-electron chi connectivity index (χ2n) is 8.68. The Morgan fingerprint density at radius 3 is 2.74 bits per heavy atom. The summed E-state index contributed by atoms with van der Waals surface area (Å²) in [6.07, 6.45) is 5.16. The number of carbonyl (C=O) groups excluding carboxylic acids is 2. The summed E-state index contributed by atoms with van der Waals surface area (Å²) in [5.41, 5.74) is 4.45. The number of imidazole rings is 1. The van der Waals surface area contributed by atoms with E-state index in [0.717, 1.165) is 10.4 Å². The van der Waals surface area contributed by atoms with Gasteiger partial charge in [-0.05, 0) is 48.9 Å². The van der Waals surface area contributed by atoms with Crippen LogP contribution in [0.5, 0.6) is 0 Å². The maximum absolute atomic E-state index is 15.1. The number of nitrogens with one attached hydrogen (secondary N) is 3. The number of anilines is 1. The molecular formula is C27H20FN7O2S. The molecule has 0 fully saturated rings. The minimum absolute atomic E-state index is 0.00798. The highest BCUT2D eigenvalue weighted by molar-refractivity contribution is 7.17. The Morgan fingerprint density at radius 1 is 1.08 bits per heavy atom. The second kappa shape index (κ2) is 9.27. The van der Waals surface area contributed by atoms with Gasteiger partial charge in [0.1, 0.15) is 22.4 Å². The number of ketones is 1. The summed E-state index contributed by atoms with van der Waals surface area (Å²) in [6, 6.07) is 10.4. The van der Waals surface area contributed by atoms with E-state index >= 15 is 4.39 Å². The van der Waals surface area contributed by atoms with Gasteiger partial charge in [-0.15, -0.1) is 11.3 Å². The van der Waals surface area contributed by atoms with E-state index in [1.54, 1.807) is 43.7 Å². The Balaban J connectivity index is 1.45. The molecule has 0 saturated heterocycles. The predicted molar refractivity (Wildman–Crippen MR) is 144 cm³/mol. The van der Waals surface area contributed by atoms with Crippen molar-refractivity contribution in [2.45, 2.75) is 20.3 Å². The number of aromatic amines is 2. The van der Waals surface area contributed by atoms with E-state index in [1.807, 2.05) is 12.1 Å². The molecule has 9 nitrogen and oxygen atoms in total. The fraction of sp³-hybridized carbons (Fsp3) is 0.111. The topological polar surface area (TPSA) is 129 Å². The Bertz CT molecular complexity index is 1870. The van der Waals surface area contributed by atoms with Gasteiger partial charge in [-0.2, -0.15) is 5.10 Å². The Kier molecular flexibility index (Phi) is 5.76. The average molecular weight is 526 g/mol. The van der Waals surface area contributed by atoms with Crippen molar-refractivity contribution in [3.8, 4) is 33.2 Å². The van der Waals surface area contributed by atoms with Crippen LogP contribution in [0.2, 0.25) is 0 Å². The lowest BCUT2D eigenvalue weighted by molar-refractivity contribution is -0.115. The van der Waals surface area contributed by atoms with Crippen LogP contribution >= 0.6 is 11.3 Å². The number of benzene rings is 1. The number of pyridine rings is 2. The van der Waals surface area contributed by atoms with E-state index in [0.29, 0.717) is 56.2 Å². The maximum atomic E-state index is 15.1. The lowest BCUT2D eigenvalue weighted by Crippen LogP contribution is -2.09. The van der Waals surface area contributed by atoms with Crippen LogP contribution in [0, 0.1) is 5.82 Å². The molecule has 6 aromatic rings. The summed E-state index contributed by atoms with van der Waals surface area (Å²) in [5.74, 6) is -0.177. The molecule has 1 amide bonds. The first kappa shape index (κ1) is 23.6. The molecule has 0 unspecified atom stereocenters. The normalized spacial score (nSPS) is 11.3.